The van der Waals surface area contributed by atoms with Crippen molar-refractivity contribution in [3.8, 4) is 0 Å². The van der Waals surface area contributed by atoms with Crippen LogP contribution in [0.4, 0.5) is 5.69 Å². The van der Waals surface area contributed by atoms with Crippen LogP contribution in [0.5, 0.6) is 0 Å². The predicted molar refractivity (Wildman–Crippen MR) is 95.9 cm³/mol. The van der Waals surface area contributed by atoms with Gasteiger partial charge in [0.2, 0.25) is 10.0 Å². The van der Waals surface area contributed by atoms with Gasteiger partial charge in [-0.3, -0.25) is 9.10 Å². The van der Waals surface area contributed by atoms with E-state index < -0.39 is 10.0 Å². The third kappa shape index (κ3) is 3.74. The minimum absolute atomic E-state index is 0.0722. The van der Waals surface area contributed by atoms with Crippen molar-refractivity contribution in [1.29, 1.82) is 0 Å². The van der Waals surface area contributed by atoms with Crippen LogP contribution in [-0.2, 0) is 16.4 Å². The van der Waals surface area contributed by atoms with Gasteiger partial charge in [0.25, 0.3) is 5.91 Å². The highest BCUT2D eigenvalue weighted by molar-refractivity contribution is 7.92. The summed E-state index contributed by atoms with van der Waals surface area (Å²) in [5, 5.41) is 0. The lowest BCUT2D eigenvalue weighted by atomic mass is 10.00. The minimum atomic E-state index is -3.27. The van der Waals surface area contributed by atoms with Gasteiger partial charge in [0.1, 0.15) is 0 Å². The van der Waals surface area contributed by atoms with Crippen molar-refractivity contribution in [3.05, 3.63) is 29.3 Å². The second-order valence-electron chi connectivity index (χ2n) is 6.98. The number of amides is 1. The lowest BCUT2D eigenvalue weighted by molar-refractivity contribution is 0.0747. The van der Waals surface area contributed by atoms with Gasteiger partial charge in [0.05, 0.1) is 11.9 Å². The summed E-state index contributed by atoms with van der Waals surface area (Å²) in [5.41, 5.74) is 2.36. The number of nitrogens with zero attached hydrogens (tertiary/aromatic N) is 2. The fourth-order valence-corrected chi connectivity index (χ4v) is 4.38. The molecule has 0 aromatic heterocycles. The van der Waals surface area contributed by atoms with E-state index in [1.165, 1.54) is 23.4 Å². The maximum Gasteiger partial charge on any atom is 0.253 e. The van der Waals surface area contributed by atoms with Crippen LogP contribution in [-0.4, -0.2) is 45.1 Å². The Bertz CT molecular complexity index is 726. The zero-order valence-corrected chi connectivity index (χ0v) is 15.3. The first-order valence-corrected chi connectivity index (χ1v) is 10.6. The largest absolute Gasteiger partial charge is 0.338 e. The van der Waals surface area contributed by atoms with Crippen LogP contribution >= 0.6 is 0 Å². The van der Waals surface area contributed by atoms with Gasteiger partial charge in [-0.1, -0.05) is 6.92 Å². The SMILES string of the molecule is CCCN(CC1CC1)C(=O)c1ccc2c(c1)CCCN2S(C)(=O)=O. The van der Waals surface area contributed by atoms with E-state index in [1.807, 2.05) is 11.0 Å². The van der Waals surface area contributed by atoms with E-state index in [4.69, 9.17) is 0 Å². The molecule has 0 bridgehead atoms. The minimum Gasteiger partial charge on any atom is -0.338 e. The molecule has 5 nitrogen and oxygen atoms in total. The number of hydrogen-bond acceptors (Lipinski definition) is 3. The lowest BCUT2D eigenvalue weighted by Gasteiger charge is -2.30. The van der Waals surface area contributed by atoms with Gasteiger partial charge < -0.3 is 4.90 Å². The Morgan fingerprint density at radius 2 is 2.08 bits per heavy atom. The Balaban J connectivity index is 1.85. The van der Waals surface area contributed by atoms with Crippen molar-refractivity contribution in [3.63, 3.8) is 0 Å². The topological polar surface area (TPSA) is 57.7 Å². The number of carbonyl (C=O) groups is 1. The van der Waals surface area contributed by atoms with Gasteiger partial charge >= 0.3 is 0 Å². The zero-order valence-electron chi connectivity index (χ0n) is 14.5. The molecule has 0 unspecified atom stereocenters. The van der Waals surface area contributed by atoms with Crippen molar-refractivity contribution in [1.82, 2.24) is 4.90 Å². The summed E-state index contributed by atoms with van der Waals surface area (Å²) in [6.07, 6.45) is 6.24. The Kier molecular flexibility index (Phi) is 4.85. The average molecular weight is 350 g/mol. The molecule has 1 aromatic rings. The van der Waals surface area contributed by atoms with E-state index in [0.717, 1.165) is 43.6 Å². The molecule has 2 aliphatic rings. The van der Waals surface area contributed by atoms with Crippen molar-refractivity contribution < 1.29 is 13.2 Å². The third-order valence-electron chi connectivity index (χ3n) is 4.76. The summed E-state index contributed by atoms with van der Waals surface area (Å²) in [6.45, 7) is 4.23. The van der Waals surface area contributed by atoms with Gasteiger partial charge in [-0.2, -0.15) is 0 Å². The molecule has 0 atom stereocenters. The molecule has 6 heteroatoms. The van der Waals surface area contributed by atoms with Gasteiger partial charge in [-0.25, -0.2) is 8.42 Å². The van der Waals surface area contributed by atoms with Gasteiger partial charge in [-0.15, -0.1) is 0 Å². The van der Waals surface area contributed by atoms with Crippen molar-refractivity contribution in [2.45, 2.75) is 39.0 Å². The lowest BCUT2D eigenvalue weighted by Crippen LogP contribution is -2.36. The van der Waals surface area contributed by atoms with Gasteiger partial charge in [0, 0.05) is 25.2 Å². The first kappa shape index (κ1) is 17.3. The van der Waals surface area contributed by atoms with E-state index in [-0.39, 0.29) is 5.91 Å². The van der Waals surface area contributed by atoms with Crippen LogP contribution in [0, 0.1) is 5.92 Å². The highest BCUT2D eigenvalue weighted by Gasteiger charge is 2.28. The molecule has 1 aliphatic heterocycles. The van der Waals surface area contributed by atoms with Crippen LogP contribution < -0.4 is 4.31 Å². The normalized spacial score (nSPS) is 17.5. The van der Waals surface area contributed by atoms with Crippen LogP contribution in [0.1, 0.15) is 48.5 Å². The summed E-state index contributed by atoms with van der Waals surface area (Å²) in [4.78, 5) is 14.8. The number of anilines is 1. The van der Waals surface area contributed by atoms with Crippen molar-refractivity contribution >= 4 is 21.6 Å². The second-order valence-corrected chi connectivity index (χ2v) is 8.88. The van der Waals surface area contributed by atoms with E-state index in [0.29, 0.717) is 18.0 Å². The number of sulfonamides is 1. The average Bonchev–Trinajstić information content (AvgIpc) is 3.36. The molecule has 0 saturated heterocycles. The summed E-state index contributed by atoms with van der Waals surface area (Å²) >= 11 is 0. The fraction of sp³-hybridized carbons (Fsp3) is 0.611. The number of aryl methyl sites for hydroxylation is 1. The monoisotopic (exact) mass is 350 g/mol. The Morgan fingerprint density at radius 3 is 2.71 bits per heavy atom. The number of rotatable bonds is 6. The highest BCUT2D eigenvalue weighted by Crippen LogP contribution is 2.32. The van der Waals surface area contributed by atoms with Crippen molar-refractivity contribution in [2.75, 3.05) is 30.2 Å². The summed E-state index contributed by atoms with van der Waals surface area (Å²) in [5.74, 6) is 0.738. The second kappa shape index (κ2) is 6.75. The Morgan fingerprint density at radius 1 is 1.33 bits per heavy atom. The number of benzene rings is 1. The van der Waals surface area contributed by atoms with Crippen LogP contribution in [0.2, 0.25) is 0 Å². The van der Waals surface area contributed by atoms with E-state index in [1.54, 1.807) is 12.1 Å². The summed E-state index contributed by atoms with van der Waals surface area (Å²) < 4.78 is 25.3. The molecule has 132 valence electrons. The molecule has 1 saturated carbocycles. The molecule has 3 rings (SSSR count). The summed E-state index contributed by atoms with van der Waals surface area (Å²) in [7, 11) is -3.27. The fourth-order valence-electron chi connectivity index (χ4n) is 3.38. The molecule has 1 aliphatic carbocycles. The molecular formula is C18H26N2O3S. The first-order valence-electron chi connectivity index (χ1n) is 8.80. The van der Waals surface area contributed by atoms with E-state index >= 15 is 0 Å². The smallest absolute Gasteiger partial charge is 0.253 e. The molecule has 1 fully saturated rings. The molecule has 0 radical (unpaired) electrons. The predicted octanol–water partition coefficient (Wildman–Crippen LogP) is 2.66. The molecule has 1 heterocycles. The van der Waals surface area contributed by atoms with Crippen LogP contribution in [0.3, 0.4) is 0 Å². The third-order valence-corrected chi connectivity index (χ3v) is 5.94. The van der Waals surface area contributed by atoms with Crippen LogP contribution in [0.25, 0.3) is 0 Å². The maximum absolute atomic E-state index is 12.9. The molecule has 0 N–H and O–H groups in total. The highest BCUT2D eigenvalue weighted by atomic mass is 32.2. The van der Waals surface area contributed by atoms with Crippen molar-refractivity contribution in [2.24, 2.45) is 5.92 Å². The number of fused-ring (bicyclic) bond motifs is 1. The molecule has 24 heavy (non-hydrogen) atoms. The molecule has 1 aromatic carbocycles. The van der Waals surface area contributed by atoms with Gasteiger partial charge in [-0.05, 0) is 61.8 Å². The number of hydrogen-bond donors (Lipinski definition) is 0. The molecule has 0 spiro atoms. The maximum atomic E-state index is 12.9. The van der Waals surface area contributed by atoms with E-state index in [9.17, 15) is 13.2 Å². The Labute approximate surface area is 144 Å². The van der Waals surface area contributed by atoms with Crippen LogP contribution in [0.15, 0.2) is 18.2 Å². The quantitative estimate of drug-likeness (QED) is 0.792. The Hall–Kier alpha value is -1.56. The zero-order chi connectivity index (χ0) is 17.3. The number of carbonyl (C=O) groups excluding carboxylic acids is 1. The van der Waals surface area contributed by atoms with Gasteiger partial charge in [0.15, 0.2) is 0 Å². The molecule has 1 amide bonds. The summed E-state index contributed by atoms with van der Waals surface area (Å²) in [6, 6.07) is 5.47. The molecular weight excluding hydrogens is 324 g/mol. The van der Waals surface area contributed by atoms with E-state index in [2.05, 4.69) is 6.92 Å². The standard InChI is InChI=1S/C18H26N2O3S/c1-3-10-19(13-14-6-7-14)18(21)16-8-9-17-15(12-16)5-4-11-20(17)24(2,22)23/h8-9,12,14H,3-7,10-11,13H2,1-2H3. The first-order chi connectivity index (χ1) is 11.4.